The second-order valence-corrected chi connectivity index (χ2v) is 5.20. The van der Waals surface area contributed by atoms with Crippen molar-refractivity contribution in [2.24, 2.45) is 4.99 Å². The van der Waals surface area contributed by atoms with E-state index in [-0.39, 0.29) is 36.0 Å². The van der Waals surface area contributed by atoms with Gasteiger partial charge in [-0.2, -0.15) is 0 Å². The second-order valence-electron chi connectivity index (χ2n) is 5.20. The fourth-order valence-electron chi connectivity index (χ4n) is 2.51. The average molecular weight is 419 g/mol. The summed E-state index contributed by atoms with van der Waals surface area (Å²) in [6.07, 6.45) is 2.10. The topological polar surface area (TPSA) is 56.7 Å². The minimum absolute atomic E-state index is 0. The van der Waals surface area contributed by atoms with E-state index >= 15 is 0 Å². The molecule has 0 saturated heterocycles. The molecule has 0 spiro atoms. The van der Waals surface area contributed by atoms with Crippen molar-refractivity contribution in [3.05, 3.63) is 35.9 Å². The first-order chi connectivity index (χ1) is 10.2. The largest absolute Gasteiger partial charge is 0.395 e. The Balaban J connectivity index is 0.00000441. The SMILES string of the molecule is CCNC(=NCC(CC)(CC)c1ccccc1)NCCO.I. The summed E-state index contributed by atoms with van der Waals surface area (Å²) >= 11 is 0. The maximum absolute atomic E-state index is 8.94. The number of halogens is 1. The number of aliphatic hydroxyl groups is 1. The molecule has 4 nitrogen and oxygen atoms in total. The summed E-state index contributed by atoms with van der Waals surface area (Å²) in [5.41, 5.74) is 1.42. The van der Waals surface area contributed by atoms with E-state index in [0.29, 0.717) is 6.54 Å². The molecule has 0 radical (unpaired) electrons. The van der Waals surface area contributed by atoms with Crippen LogP contribution in [0.5, 0.6) is 0 Å². The number of nitrogens with one attached hydrogen (secondary N) is 2. The predicted octanol–water partition coefficient (Wildman–Crippen LogP) is 2.91. The smallest absolute Gasteiger partial charge is 0.191 e. The molecule has 126 valence electrons. The van der Waals surface area contributed by atoms with E-state index in [2.05, 4.69) is 54.8 Å². The summed E-state index contributed by atoms with van der Waals surface area (Å²) in [4.78, 5) is 4.72. The van der Waals surface area contributed by atoms with E-state index in [1.165, 1.54) is 5.56 Å². The zero-order valence-electron chi connectivity index (χ0n) is 13.9. The number of guanidine groups is 1. The first kappa shape index (κ1) is 21.2. The van der Waals surface area contributed by atoms with Crippen molar-refractivity contribution in [2.75, 3.05) is 26.2 Å². The minimum Gasteiger partial charge on any atom is -0.395 e. The quantitative estimate of drug-likeness (QED) is 0.345. The maximum atomic E-state index is 8.94. The van der Waals surface area contributed by atoms with Crippen LogP contribution >= 0.6 is 24.0 Å². The van der Waals surface area contributed by atoms with Gasteiger partial charge in [-0.15, -0.1) is 24.0 Å². The molecular weight excluding hydrogens is 389 g/mol. The summed E-state index contributed by atoms with van der Waals surface area (Å²) in [5, 5.41) is 15.3. The number of aliphatic imine (C=N–C) groups is 1. The maximum Gasteiger partial charge on any atom is 0.191 e. The van der Waals surface area contributed by atoms with Gasteiger partial charge < -0.3 is 15.7 Å². The molecule has 22 heavy (non-hydrogen) atoms. The molecule has 3 N–H and O–H groups in total. The highest BCUT2D eigenvalue weighted by Crippen LogP contribution is 2.31. The molecular formula is C17H30IN3O. The van der Waals surface area contributed by atoms with Gasteiger partial charge in [-0.05, 0) is 25.3 Å². The first-order valence-electron chi connectivity index (χ1n) is 7.91. The third-order valence-corrected chi connectivity index (χ3v) is 4.03. The van der Waals surface area contributed by atoms with Gasteiger partial charge in [0.25, 0.3) is 0 Å². The van der Waals surface area contributed by atoms with E-state index in [0.717, 1.165) is 31.9 Å². The van der Waals surface area contributed by atoms with Crippen LogP contribution in [0.2, 0.25) is 0 Å². The van der Waals surface area contributed by atoms with Crippen LogP contribution in [0.25, 0.3) is 0 Å². The lowest BCUT2D eigenvalue weighted by molar-refractivity contribution is 0.300. The van der Waals surface area contributed by atoms with Crippen molar-refractivity contribution in [3.8, 4) is 0 Å². The normalized spacial score (nSPS) is 11.7. The molecule has 0 unspecified atom stereocenters. The summed E-state index contributed by atoms with van der Waals surface area (Å²) in [6, 6.07) is 10.6. The number of hydrogen-bond donors (Lipinski definition) is 3. The molecule has 0 atom stereocenters. The Morgan fingerprint density at radius 2 is 1.73 bits per heavy atom. The van der Waals surface area contributed by atoms with E-state index in [1.54, 1.807) is 0 Å². The lowest BCUT2D eigenvalue weighted by Gasteiger charge is -2.31. The van der Waals surface area contributed by atoms with Crippen LogP contribution < -0.4 is 10.6 Å². The minimum atomic E-state index is 0. The highest BCUT2D eigenvalue weighted by molar-refractivity contribution is 14.0. The molecule has 0 heterocycles. The van der Waals surface area contributed by atoms with Gasteiger partial charge >= 0.3 is 0 Å². The Morgan fingerprint density at radius 1 is 1.09 bits per heavy atom. The fraction of sp³-hybridized carbons (Fsp3) is 0.588. The molecule has 0 aromatic heterocycles. The van der Waals surface area contributed by atoms with E-state index in [4.69, 9.17) is 10.1 Å². The molecule has 0 aliphatic rings. The van der Waals surface area contributed by atoms with Crippen molar-refractivity contribution in [1.29, 1.82) is 0 Å². The highest BCUT2D eigenvalue weighted by Gasteiger charge is 2.28. The summed E-state index contributed by atoms with van der Waals surface area (Å²) in [6.45, 7) is 8.66. The van der Waals surface area contributed by atoms with Gasteiger partial charge in [-0.25, -0.2) is 0 Å². The first-order valence-corrected chi connectivity index (χ1v) is 7.91. The number of nitrogens with zero attached hydrogens (tertiary/aromatic N) is 1. The Bertz CT molecular complexity index is 419. The van der Waals surface area contributed by atoms with Gasteiger partial charge in [0, 0.05) is 18.5 Å². The van der Waals surface area contributed by atoms with Gasteiger partial charge in [0.1, 0.15) is 0 Å². The predicted molar refractivity (Wildman–Crippen MR) is 105 cm³/mol. The lowest BCUT2D eigenvalue weighted by atomic mass is 9.76. The average Bonchev–Trinajstić information content (AvgIpc) is 2.54. The number of aliphatic hydroxyl groups excluding tert-OH is 1. The molecule has 1 rings (SSSR count). The monoisotopic (exact) mass is 419 g/mol. The van der Waals surface area contributed by atoms with Crippen molar-refractivity contribution in [3.63, 3.8) is 0 Å². The molecule has 0 saturated carbocycles. The second kappa shape index (κ2) is 11.7. The third-order valence-electron chi connectivity index (χ3n) is 4.03. The number of rotatable bonds is 8. The zero-order valence-corrected chi connectivity index (χ0v) is 16.3. The summed E-state index contributed by atoms with van der Waals surface area (Å²) < 4.78 is 0. The van der Waals surface area contributed by atoms with Gasteiger partial charge in [0.2, 0.25) is 0 Å². The van der Waals surface area contributed by atoms with Crippen LogP contribution in [0.15, 0.2) is 35.3 Å². The Hall–Kier alpha value is -0.820. The highest BCUT2D eigenvalue weighted by atomic mass is 127. The molecule has 0 aliphatic heterocycles. The van der Waals surface area contributed by atoms with Gasteiger partial charge in [-0.1, -0.05) is 44.2 Å². The molecule has 5 heteroatoms. The fourth-order valence-corrected chi connectivity index (χ4v) is 2.51. The molecule has 1 aromatic rings. The van der Waals surface area contributed by atoms with Crippen LogP contribution in [-0.2, 0) is 5.41 Å². The number of hydrogen-bond acceptors (Lipinski definition) is 2. The Labute approximate surface area is 151 Å². The molecule has 1 aromatic carbocycles. The molecule has 0 bridgehead atoms. The summed E-state index contributed by atoms with van der Waals surface area (Å²) in [7, 11) is 0. The molecule has 0 aliphatic carbocycles. The van der Waals surface area contributed by atoms with Crippen molar-refractivity contribution in [1.82, 2.24) is 10.6 Å². The number of benzene rings is 1. The van der Waals surface area contributed by atoms with E-state index in [9.17, 15) is 0 Å². The van der Waals surface area contributed by atoms with E-state index in [1.807, 2.05) is 6.92 Å². The molecule has 0 amide bonds. The van der Waals surface area contributed by atoms with Crippen molar-refractivity contribution in [2.45, 2.75) is 39.0 Å². The Kier molecular flexibility index (Phi) is 11.3. The summed E-state index contributed by atoms with van der Waals surface area (Å²) in [5.74, 6) is 0.772. The van der Waals surface area contributed by atoms with Gasteiger partial charge in [-0.3, -0.25) is 4.99 Å². The van der Waals surface area contributed by atoms with Gasteiger partial charge in [0.05, 0.1) is 13.2 Å². The van der Waals surface area contributed by atoms with Crippen LogP contribution in [-0.4, -0.2) is 37.3 Å². The van der Waals surface area contributed by atoms with Crippen molar-refractivity contribution >= 4 is 29.9 Å². The van der Waals surface area contributed by atoms with E-state index < -0.39 is 0 Å². The zero-order chi connectivity index (χ0) is 15.6. The standard InChI is InChI=1S/C17H29N3O.HI/c1-4-17(5-2,15-10-8-7-9-11-15)14-20-16(18-6-3)19-12-13-21;/h7-11,21H,4-6,12-14H2,1-3H3,(H2,18,19,20);1H. The lowest BCUT2D eigenvalue weighted by Crippen LogP contribution is -2.40. The Morgan fingerprint density at radius 3 is 2.23 bits per heavy atom. The van der Waals surface area contributed by atoms with Gasteiger partial charge in [0.15, 0.2) is 5.96 Å². The van der Waals surface area contributed by atoms with Crippen LogP contribution in [0.4, 0.5) is 0 Å². The molecule has 0 fully saturated rings. The third kappa shape index (κ3) is 6.12. The van der Waals surface area contributed by atoms with Crippen LogP contribution in [0.1, 0.15) is 39.2 Å². The van der Waals surface area contributed by atoms with Crippen LogP contribution in [0.3, 0.4) is 0 Å². The van der Waals surface area contributed by atoms with Crippen LogP contribution in [0, 0.1) is 0 Å². The van der Waals surface area contributed by atoms with Crippen molar-refractivity contribution < 1.29 is 5.11 Å².